The Kier molecular flexibility index (Phi) is 7.12. The summed E-state index contributed by atoms with van der Waals surface area (Å²) in [7, 11) is 1.47. The molecule has 0 spiro atoms. The first-order chi connectivity index (χ1) is 17.2. The Bertz CT molecular complexity index is 1400. The fourth-order valence-electron chi connectivity index (χ4n) is 3.82. The molecule has 184 valence electrons. The van der Waals surface area contributed by atoms with Crippen molar-refractivity contribution < 1.29 is 23.9 Å². The van der Waals surface area contributed by atoms with E-state index in [1.54, 1.807) is 24.3 Å². The molecule has 0 unspecified atom stereocenters. The smallest absolute Gasteiger partial charge is 0.335 e. The second-order valence-corrected chi connectivity index (χ2v) is 8.89. The first-order valence-corrected chi connectivity index (χ1v) is 11.6. The van der Waals surface area contributed by atoms with Crippen molar-refractivity contribution in [1.29, 1.82) is 0 Å². The molecule has 3 aromatic carbocycles. The third kappa shape index (κ3) is 4.97. The fraction of sp³-hybridized carbons (Fsp3) is 0.179. The van der Waals surface area contributed by atoms with Crippen molar-refractivity contribution in [2.24, 2.45) is 0 Å². The minimum atomic E-state index is -0.800. The molecule has 0 saturated carbocycles. The monoisotopic (exact) mass is 504 g/mol. The van der Waals surface area contributed by atoms with E-state index >= 15 is 0 Å². The van der Waals surface area contributed by atoms with Crippen LogP contribution in [-0.4, -0.2) is 25.0 Å². The molecule has 0 radical (unpaired) electrons. The number of hydrogen-bond donors (Lipinski definition) is 1. The van der Waals surface area contributed by atoms with Gasteiger partial charge in [-0.3, -0.25) is 14.9 Å². The average Bonchev–Trinajstić information content (AvgIpc) is 2.84. The van der Waals surface area contributed by atoms with Crippen molar-refractivity contribution in [1.82, 2.24) is 5.32 Å². The quantitative estimate of drug-likeness (QED) is 0.353. The molecule has 8 heteroatoms. The Balaban J connectivity index is 1.66. The molecule has 1 aliphatic heterocycles. The standard InChI is InChI=1S/C28H25ClN2O5/c1-16-8-10-19(11-9-16)15-36-25-22(29)13-20(14-24(25)35-4)12-21-26(32)30-28(34)31(27(21)33)23-7-5-6-17(2)18(23)3/h5-14H,15H2,1-4H3,(H,30,32,34)/b21-12+. The van der Waals surface area contributed by atoms with Gasteiger partial charge in [0.15, 0.2) is 11.5 Å². The highest BCUT2D eigenvalue weighted by molar-refractivity contribution is 6.39. The third-order valence-corrected chi connectivity index (χ3v) is 6.27. The van der Waals surface area contributed by atoms with E-state index in [0.717, 1.165) is 27.2 Å². The molecule has 0 aliphatic carbocycles. The Morgan fingerprint density at radius 1 is 1.00 bits per heavy atom. The van der Waals surface area contributed by atoms with Crippen molar-refractivity contribution in [3.8, 4) is 11.5 Å². The molecule has 1 saturated heterocycles. The second-order valence-electron chi connectivity index (χ2n) is 8.49. The lowest BCUT2D eigenvalue weighted by Gasteiger charge is -2.28. The lowest BCUT2D eigenvalue weighted by molar-refractivity contribution is -0.122. The number of carbonyl (C=O) groups excluding carboxylic acids is 3. The average molecular weight is 505 g/mol. The number of halogens is 1. The summed E-state index contributed by atoms with van der Waals surface area (Å²) in [4.78, 5) is 39.4. The largest absolute Gasteiger partial charge is 0.493 e. The number of imide groups is 2. The Labute approximate surface area is 214 Å². The van der Waals surface area contributed by atoms with Crippen LogP contribution in [0.5, 0.6) is 11.5 Å². The van der Waals surface area contributed by atoms with Crippen LogP contribution in [0.1, 0.15) is 27.8 Å². The SMILES string of the molecule is COc1cc(/C=C2\C(=O)NC(=O)N(c3cccc(C)c3C)C2=O)cc(Cl)c1OCc1ccc(C)cc1. The van der Waals surface area contributed by atoms with Gasteiger partial charge in [-0.2, -0.15) is 0 Å². The van der Waals surface area contributed by atoms with Gasteiger partial charge in [0.2, 0.25) is 0 Å². The number of anilines is 1. The first-order valence-electron chi connectivity index (χ1n) is 11.2. The van der Waals surface area contributed by atoms with Crippen LogP contribution in [0.2, 0.25) is 5.02 Å². The Hall–Kier alpha value is -4.10. The number of barbiturate groups is 1. The summed E-state index contributed by atoms with van der Waals surface area (Å²) in [5, 5.41) is 2.49. The molecule has 4 rings (SSSR count). The summed E-state index contributed by atoms with van der Waals surface area (Å²) in [5.74, 6) is -0.838. The third-order valence-electron chi connectivity index (χ3n) is 5.99. The highest BCUT2D eigenvalue weighted by Gasteiger charge is 2.37. The van der Waals surface area contributed by atoms with Gasteiger partial charge in [0.25, 0.3) is 11.8 Å². The number of ether oxygens (including phenoxy) is 2. The summed E-state index contributed by atoms with van der Waals surface area (Å²) in [6, 6.07) is 15.6. The summed E-state index contributed by atoms with van der Waals surface area (Å²) in [6.45, 7) is 5.98. The zero-order chi connectivity index (χ0) is 26.0. The maximum absolute atomic E-state index is 13.3. The topological polar surface area (TPSA) is 84.9 Å². The van der Waals surface area contributed by atoms with Crippen LogP contribution >= 0.6 is 11.6 Å². The van der Waals surface area contributed by atoms with Crippen LogP contribution in [0.3, 0.4) is 0 Å². The molecule has 36 heavy (non-hydrogen) atoms. The van der Waals surface area contributed by atoms with Crippen LogP contribution in [0, 0.1) is 20.8 Å². The molecule has 0 atom stereocenters. The number of hydrogen-bond acceptors (Lipinski definition) is 5. The predicted molar refractivity (Wildman–Crippen MR) is 138 cm³/mol. The highest BCUT2D eigenvalue weighted by Crippen LogP contribution is 2.38. The normalized spacial score (nSPS) is 14.8. The molecule has 4 amide bonds. The van der Waals surface area contributed by atoms with E-state index in [2.05, 4.69) is 5.32 Å². The van der Waals surface area contributed by atoms with Gasteiger partial charge in [0.05, 0.1) is 17.8 Å². The van der Waals surface area contributed by atoms with Gasteiger partial charge in [0.1, 0.15) is 12.2 Å². The van der Waals surface area contributed by atoms with Crippen molar-refractivity contribution >= 4 is 41.2 Å². The number of urea groups is 1. The van der Waals surface area contributed by atoms with E-state index in [1.807, 2.05) is 51.1 Å². The van der Waals surface area contributed by atoms with E-state index in [1.165, 1.54) is 13.2 Å². The summed E-state index contributed by atoms with van der Waals surface area (Å²) < 4.78 is 11.4. The molecule has 1 N–H and O–H groups in total. The molecule has 3 aromatic rings. The van der Waals surface area contributed by atoms with Crippen LogP contribution in [0.15, 0.2) is 60.2 Å². The molecular formula is C28H25ClN2O5. The zero-order valence-electron chi connectivity index (χ0n) is 20.3. The summed E-state index contributed by atoms with van der Waals surface area (Å²) in [6.07, 6.45) is 1.38. The number of aryl methyl sites for hydroxylation is 2. The lowest BCUT2D eigenvalue weighted by Crippen LogP contribution is -2.54. The predicted octanol–water partition coefficient (Wildman–Crippen LogP) is 5.52. The number of nitrogens with one attached hydrogen (secondary N) is 1. The van der Waals surface area contributed by atoms with Gasteiger partial charge in [-0.25, -0.2) is 9.69 Å². The van der Waals surface area contributed by atoms with Crippen molar-refractivity contribution in [2.45, 2.75) is 27.4 Å². The molecule has 0 aromatic heterocycles. The van der Waals surface area contributed by atoms with E-state index in [9.17, 15) is 14.4 Å². The summed E-state index contributed by atoms with van der Waals surface area (Å²) in [5.41, 5.74) is 4.42. The van der Waals surface area contributed by atoms with Crippen molar-refractivity contribution in [3.63, 3.8) is 0 Å². The van der Waals surface area contributed by atoms with Crippen molar-refractivity contribution in [2.75, 3.05) is 12.0 Å². The molecule has 1 heterocycles. The first kappa shape index (κ1) is 25.0. The van der Waals surface area contributed by atoms with Gasteiger partial charge in [-0.05, 0) is 67.3 Å². The van der Waals surface area contributed by atoms with Gasteiger partial charge in [-0.1, -0.05) is 53.6 Å². The number of carbonyl (C=O) groups is 3. The number of amides is 4. The number of nitrogens with zero attached hydrogens (tertiary/aromatic N) is 1. The van der Waals surface area contributed by atoms with Gasteiger partial charge >= 0.3 is 6.03 Å². The van der Waals surface area contributed by atoms with E-state index in [0.29, 0.717) is 22.7 Å². The molecular weight excluding hydrogens is 480 g/mol. The number of benzene rings is 3. The van der Waals surface area contributed by atoms with Crippen LogP contribution in [0.4, 0.5) is 10.5 Å². The number of rotatable bonds is 6. The van der Waals surface area contributed by atoms with E-state index in [4.69, 9.17) is 21.1 Å². The maximum atomic E-state index is 13.3. The molecule has 1 fully saturated rings. The zero-order valence-corrected chi connectivity index (χ0v) is 21.1. The minimum Gasteiger partial charge on any atom is -0.493 e. The second kappa shape index (κ2) is 10.3. The molecule has 1 aliphatic rings. The minimum absolute atomic E-state index is 0.207. The highest BCUT2D eigenvalue weighted by atomic mass is 35.5. The van der Waals surface area contributed by atoms with Crippen molar-refractivity contribution in [3.05, 3.63) is 93.0 Å². The van der Waals surface area contributed by atoms with E-state index < -0.39 is 17.8 Å². The molecule has 7 nitrogen and oxygen atoms in total. The van der Waals surface area contributed by atoms with Crippen LogP contribution in [0.25, 0.3) is 6.08 Å². The van der Waals surface area contributed by atoms with E-state index in [-0.39, 0.29) is 17.2 Å². The van der Waals surface area contributed by atoms with Crippen LogP contribution < -0.4 is 19.7 Å². The van der Waals surface area contributed by atoms with Gasteiger partial charge < -0.3 is 9.47 Å². The lowest BCUT2D eigenvalue weighted by atomic mass is 10.0. The Morgan fingerprint density at radius 2 is 1.72 bits per heavy atom. The van der Waals surface area contributed by atoms with Crippen LogP contribution in [-0.2, 0) is 16.2 Å². The summed E-state index contributed by atoms with van der Waals surface area (Å²) >= 11 is 6.50. The maximum Gasteiger partial charge on any atom is 0.335 e. The Morgan fingerprint density at radius 3 is 2.42 bits per heavy atom. The fourth-order valence-corrected chi connectivity index (χ4v) is 4.10. The number of methoxy groups -OCH3 is 1. The van der Waals surface area contributed by atoms with Gasteiger partial charge in [0, 0.05) is 0 Å². The molecule has 0 bridgehead atoms. The van der Waals surface area contributed by atoms with Gasteiger partial charge in [-0.15, -0.1) is 0 Å².